The molecule has 0 radical (unpaired) electrons. The molecule has 0 fully saturated rings. The predicted molar refractivity (Wildman–Crippen MR) is 51.5 cm³/mol. The number of aromatic amines is 1. The highest BCUT2D eigenvalue weighted by Gasteiger charge is 2.04. The van der Waals surface area contributed by atoms with Crippen LogP contribution in [-0.4, -0.2) is 11.2 Å². The first kappa shape index (κ1) is 6.74. The molecule has 0 unspecified atom stereocenters. The average molecular weight is 186 g/mol. The summed E-state index contributed by atoms with van der Waals surface area (Å²) in [5.74, 6) is 0. The van der Waals surface area contributed by atoms with Crippen LogP contribution < -0.4 is 11.3 Å². The van der Waals surface area contributed by atoms with E-state index in [-0.39, 0.29) is 12.1 Å². The third-order valence-corrected chi connectivity index (χ3v) is 2.41. The zero-order valence-electron chi connectivity index (χ0n) is 9.05. The minimum atomic E-state index is -0.209. The fraction of sp³-hybridized carbons (Fsp3) is 0.375. The van der Waals surface area contributed by atoms with Crippen LogP contribution in [0.2, 0.25) is 2.82 Å². The molecule has 0 bridgehead atoms. The molecule has 0 amide bonds. The van der Waals surface area contributed by atoms with Crippen LogP contribution in [0.25, 0.3) is 0 Å². The minimum absolute atomic E-state index is 0.0196. The van der Waals surface area contributed by atoms with Gasteiger partial charge in [-0.3, -0.25) is 4.79 Å². The first-order valence-electron chi connectivity index (χ1n) is 4.46. The zero-order chi connectivity index (χ0) is 10.7. The van der Waals surface area contributed by atoms with Crippen molar-refractivity contribution in [1.82, 2.24) is 4.98 Å². The summed E-state index contributed by atoms with van der Waals surface area (Å²) >= 11 is 1.45. The Morgan fingerprint density at radius 1 is 1.83 bits per heavy atom. The number of hydrogen-bond acceptors (Lipinski definition) is 3. The van der Waals surface area contributed by atoms with Gasteiger partial charge in [-0.15, -0.1) is 11.8 Å². The molecular weight excluding hydrogens is 172 g/mol. The van der Waals surface area contributed by atoms with Crippen LogP contribution in [0.4, 0.5) is 0 Å². The van der Waals surface area contributed by atoms with Gasteiger partial charge in [-0.25, -0.2) is 0 Å². The molecule has 4 heteroatoms. The lowest BCUT2D eigenvalue weighted by Crippen LogP contribution is -2.17. The highest BCUT2D eigenvalue weighted by molar-refractivity contribution is 7.98. The SMILES string of the molecule is [2H]N([2H])Cc1c(SC)cc(C)[nH]c1=O. The average Bonchev–Trinajstić information content (AvgIpc) is 2.08. The molecule has 3 N–H and O–H groups in total. The van der Waals surface area contributed by atoms with Crippen molar-refractivity contribution in [3.63, 3.8) is 0 Å². The van der Waals surface area contributed by atoms with Gasteiger partial charge in [0.05, 0.1) is 0 Å². The molecule has 66 valence electrons. The summed E-state index contributed by atoms with van der Waals surface area (Å²) in [7, 11) is 0. The van der Waals surface area contributed by atoms with Crippen LogP contribution in [0, 0.1) is 6.92 Å². The van der Waals surface area contributed by atoms with Crippen molar-refractivity contribution in [2.75, 3.05) is 6.26 Å². The summed E-state index contributed by atoms with van der Waals surface area (Å²) in [4.78, 5) is 15.0. The van der Waals surface area contributed by atoms with Crippen LogP contribution in [0.5, 0.6) is 0 Å². The summed E-state index contributed by atoms with van der Waals surface area (Å²) in [6.45, 7) is 1.83. The second-order valence-electron chi connectivity index (χ2n) is 2.49. The van der Waals surface area contributed by atoms with Gasteiger partial charge in [-0.1, -0.05) is 0 Å². The molecule has 0 aromatic carbocycles. The van der Waals surface area contributed by atoms with Gasteiger partial charge in [0.15, 0.2) is 0 Å². The maximum absolute atomic E-state index is 11.5. The number of thioether (sulfide) groups is 1. The normalized spacial score (nSPS) is 12.9. The molecule has 0 spiro atoms. The third kappa shape index (κ3) is 1.70. The number of pyridine rings is 1. The summed E-state index contributed by atoms with van der Waals surface area (Å²) in [5.41, 5.74) is 1.57. The molecule has 1 heterocycles. The van der Waals surface area contributed by atoms with Crippen LogP contribution >= 0.6 is 11.8 Å². The van der Waals surface area contributed by atoms with E-state index in [2.05, 4.69) is 4.98 Å². The Bertz CT molecular complexity index is 378. The Balaban J connectivity index is 3.19. The van der Waals surface area contributed by atoms with E-state index in [9.17, 15) is 4.79 Å². The highest BCUT2D eigenvalue weighted by atomic mass is 32.2. The minimum Gasteiger partial charge on any atom is -0.326 e. The smallest absolute Gasteiger partial charge is 0.253 e. The number of rotatable bonds is 3. The fourth-order valence-corrected chi connectivity index (χ4v) is 1.72. The van der Waals surface area contributed by atoms with E-state index in [1.54, 1.807) is 0 Å². The quantitative estimate of drug-likeness (QED) is 0.688. The first-order valence-corrected chi connectivity index (χ1v) is 4.79. The number of aromatic nitrogens is 1. The van der Waals surface area contributed by atoms with E-state index in [0.29, 0.717) is 11.3 Å². The van der Waals surface area contributed by atoms with Crippen LogP contribution in [0.3, 0.4) is 0 Å². The number of hydrogen-bond donors (Lipinski definition) is 2. The van der Waals surface area contributed by atoms with Crippen LogP contribution in [-0.2, 0) is 6.54 Å². The molecule has 0 saturated heterocycles. The van der Waals surface area contributed by atoms with Gasteiger partial charge in [-0.2, -0.15) is 0 Å². The molecule has 0 aliphatic heterocycles. The van der Waals surface area contributed by atoms with Crippen LogP contribution in [0.1, 0.15) is 11.3 Å². The zero-order valence-corrected chi connectivity index (χ0v) is 7.86. The van der Waals surface area contributed by atoms with Gasteiger partial charge in [0, 0.05) is 22.7 Å². The van der Waals surface area contributed by atoms with E-state index < -0.39 is 0 Å². The second kappa shape index (κ2) is 3.78. The summed E-state index contributed by atoms with van der Waals surface area (Å²) in [6, 6.07) is 1.85. The third-order valence-electron chi connectivity index (χ3n) is 1.61. The van der Waals surface area contributed by atoms with E-state index >= 15 is 0 Å². The van der Waals surface area contributed by atoms with Gasteiger partial charge >= 0.3 is 0 Å². The molecule has 1 aromatic rings. The summed E-state index contributed by atoms with van der Waals surface area (Å²) < 4.78 is 14.0. The summed E-state index contributed by atoms with van der Waals surface area (Å²) in [6.07, 6.45) is 1.87. The van der Waals surface area contributed by atoms with Crippen molar-refractivity contribution in [3.8, 4) is 0 Å². The van der Waals surface area contributed by atoms with Crippen LogP contribution in [0.15, 0.2) is 15.8 Å². The van der Waals surface area contributed by atoms with Crippen molar-refractivity contribution in [1.29, 1.82) is 0 Å². The van der Waals surface area contributed by atoms with Gasteiger partial charge in [-0.05, 0) is 19.2 Å². The largest absolute Gasteiger partial charge is 0.326 e. The lowest BCUT2D eigenvalue weighted by atomic mass is 10.2. The van der Waals surface area contributed by atoms with E-state index in [4.69, 9.17) is 2.82 Å². The maximum atomic E-state index is 11.5. The molecule has 0 saturated carbocycles. The summed E-state index contributed by atoms with van der Waals surface area (Å²) in [5, 5.41) is 0. The van der Waals surface area contributed by atoms with E-state index in [1.165, 1.54) is 11.8 Å². The molecule has 0 aliphatic rings. The number of nitrogens with two attached hydrogens (primary N) is 1. The first-order chi connectivity index (χ1) is 6.54. The molecular formula is C8H12N2OS. The Kier molecular flexibility index (Phi) is 2.12. The Morgan fingerprint density at radius 2 is 2.58 bits per heavy atom. The topological polar surface area (TPSA) is 58.9 Å². The second-order valence-corrected chi connectivity index (χ2v) is 3.33. The Labute approximate surface area is 78.3 Å². The molecule has 0 aliphatic carbocycles. The van der Waals surface area contributed by atoms with Crippen molar-refractivity contribution in [2.24, 2.45) is 5.72 Å². The van der Waals surface area contributed by atoms with Crippen molar-refractivity contribution in [3.05, 3.63) is 27.7 Å². The van der Waals surface area contributed by atoms with Crippen molar-refractivity contribution < 1.29 is 2.82 Å². The number of H-pyrrole nitrogens is 1. The van der Waals surface area contributed by atoms with Gasteiger partial charge in [0.25, 0.3) is 5.56 Å². The van der Waals surface area contributed by atoms with Gasteiger partial charge in [0.1, 0.15) is 2.82 Å². The molecule has 0 atom stereocenters. The highest BCUT2D eigenvalue weighted by Crippen LogP contribution is 2.16. The maximum Gasteiger partial charge on any atom is 0.253 e. The molecule has 1 rings (SSSR count). The van der Waals surface area contributed by atoms with E-state index in [1.807, 2.05) is 19.2 Å². The Hall–Kier alpha value is -0.740. The van der Waals surface area contributed by atoms with Crippen molar-refractivity contribution >= 4 is 11.8 Å². The number of nitrogens with one attached hydrogen (secondary N) is 1. The van der Waals surface area contributed by atoms with Gasteiger partial charge < -0.3 is 10.7 Å². The molecule has 1 aromatic heterocycles. The monoisotopic (exact) mass is 186 g/mol. The molecule has 3 nitrogen and oxygen atoms in total. The predicted octanol–water partition coefficient (Wildman–Crippen LogP) is 0.864. The lowest BCUT2D eigenvalue weighted by molar-refractivity contribution is 0.951. The van der Waals surface area contributed by atoms with E-state index in [0.717, 1.165) is 10.6 Å². The van der Waals surface area contributed by atoms with Crippen molar-refractivity contribution in [2.45, 2.75) is 18.4 Å². The van der Waals surface area contributed by atoms with Gasteiger partial charge in [0.2, 0.25) is 0 Å². The Morgan fingerprint density at radius 3 is 3.17 bits per heavy atom. The molecule has 12 heavy (non-hydrogen) atoms. The lowest BCUT2D eigenvalue weighted by Gasteiger charge is -2.04. The standard InChI is InChI=1S/C8H12N2OS/c1-5-3-7(12-2)6(4-9)8(11)10-5/h3H,4,9H2,1-2H3,(H,10,11)/i/hD2. The number of aryl methyl sites for hydroxylation is 1. The fourth-order valence-electron chi connectivity index (χ4n) is 1.02.